The van der Waals surface area contributed by atoms with Crippen molar-refractivity contribution in [1.82, 2.24) is 15.1 Å². The topological polar surface area (TPSA) is 44.8 Å². The first kappa shape index (κ1) is 19.5. The molecule has 0 saturated carbocycles. The van der Waals surface area contributed by atoms with E-state index in [2.05, 4.69) is 15.1 Å². The van der Waals surface area contributed by atoms with E-state index in [0.717, 1.165) is 58.8 Å². The number of hydrogen-bond acceptors (Lipinski definition) is 4. The second kappa shape index (κ2) is 9.65. The number of morpholine rings is 1. The highest BCUT2D eigenvalue weighted by Crippen LogP contribution is 2.24. The maximum atomic E-state index is 13.9. The normalized spacial score (nSPS) is 20.2. The summed E-state index contributed by atoms with van der Waals surface area (Å²) in [5.74, 6) is -0.0747. The van der Waals surface area contributed by atoms with Gasteiger partial charge in [0.05, 0.1) is 13.2 Å². The number of carbonyl (C=O) groups excluding carboxylic acids is 1. The molecule has 5 nitrogen and oxygen atoms in total. The van der Waals surface area contributed by atoms with E-state index in [4.69, 9.17) is 16.3 Å². The predicted molar refractivity (Wildman–Crippen MR) is 99.7 cm³/mol. The van der Waals surface area contributed by atoms with Gasteiger partial charge in [-0.25, -0.2) is 4.39 Å². The Morgan fingerprint density at radius 1 is 1.19 bits per heavy atom. The highest BCUT2D eigenvalue weighted by atomic mass is 35.5. The van der Waals surface area contributed by atoms with Crippen LogP contribution in [0.3, 0.4) is 0 Å². The monoisotopic (exact) mass is 383 g/mol. The zero-order valence-corrected chi connectivity index (χ0v) is 15.8. The lowest BCUT2D eigenvalue weighted by atomic mass is 9.95. The number of carbonyl (C=O) groups is 1. The Bertz CT molecular complexity index is 582. The summed E-state index contributed by atoms with van der Waals surface area (Å²) in [4.78, 5) is 16.8. The van der Waals surface area contributed by atoms with Gasteiger partial charge in [-0.3, -0.25) is 14.6 Å². The van der Waals surface area contributed by atoms with Gasteiger partial charge in [-0.05, 0) is 38.1 Å². The van der Waals surface area contributed by atoms with E-state index < -0.39 is 0 Å². The number of amides is 1. The molecular weight excluding hydrogens is 357 g/mol. The summed E-state index contributed by atoms with van der Waals surface area (Å²) >= 11 is 6.11. The fourth-order valence-electron chi connectivity index (χ4n) is 3.57. The first-order valence-corrected chi connectivity index (χ1v) is 9.74. The molecule has 0 aliphatic carbocycles. The fraction of sp³-hybridized carbons (Fsp3) is 0.632. The number of nitrogens with one attached hydrogen (secondary N) is 1. The Balaban J connectivity index is 1.38. The highest BCUT2D eigenvalue weighted by Gasteiger charge is 2.25. The third-order valence-corrected chi connectivity index (χ3v) is 5.59. The Hall–Kier alpha value is -1.21. The molecule has 7 heteroatoms. The van der Waals surface area contributed by atoms with Crippen molar-refractivity contribution in [3.63, 3.8) is 0 Å². The van der Waals surface area contributed by atoms with Crippen molar-refractivity contribution in [2.75, 3.05) is 52.5 Å². The van der Waals surface area contributed by atoms with Gasteiger partial charge in [-0.1, -0.05) is 17.7 Å². The molecule has 26 heavy (non-hydrogen) atoms. The quantitative estimate of drug-likeness (QED) is 0.817. The van der Waals surface area contributed by atoms with E-state index in [-0.39, 0.29) is 17.6 Å². The zero-order valence-electron chi connectivity index (χ0n) is 15.1. The third kappa shape index (κ3) is 5.39. The minimum absolute atomic E-state index is 0.0482. The van der Waals surface area contributed by atoms with Crippen LogP contribution in [0.5, 0.6) is 0 Å². The molecule has 1 N–H and O–H groups in total. The minimum atomic E-state index is -0.263. The molecular formula is C19H27ClFN3O2. The molecule has 144 valence electrons. The molecule has 0 unspecified atom stereocenters. The van der Waals surface area contributed by atoms with Crippen molar-refractivity contribution in [2.45, 2.75) is 19.4 Å². The second-order valence-corrected chi connectivity index (χ2v) is 7.40. The van der Waals surface area contributed by atoms with Gasteiger partial charge in [0, 0.05) is 49.2 Å². The molecule has 0 bridgehead atoms. The van der Waals surface area contributed by atoms with E-state index in [9.17, 15) is 9.18 Å². The average Bonchev–Trinajstić information content (AvgIpc) is 2.66. The number of likely N-dealkylation sites (tertiary alicyclic amines) is 1. The lowest BCUT2D eigenvalue weighted by Crippen LogP contribution is -2.44. The second-order valence-electron chi connectivity index (χ2n) is 7.00. The summed E-state index contributed by atoms with van der Waals surface area (Å²) in [6, 6.07) is 4.78. The molecule has 1 aromatic carbocycles. The summed E-state index contributed by atoms with van der Waals surface area (Å²) < 4.78 is 19.2. The number of halogens is 2. The van der Waals surface area contributed by atoms with E-state index in [1.807, 2.05) is 0 Å². The third-order valence-electron chi connectivity index (χ3n) is 5.23. The van der Waals surface area contributed by atoms with E-state index in [1.54, 1.807) is 12.1 Å². The number of rotatable bonds is 6. The van der Waals surface area contributed by atoms with E-state index in [0.29, 0.717) is 23.7 Å². The van der Waals surface area contributed by atoms with Gasteiger partial charge in [-0.15, -0.1) is 0 Å². The van der Waals surface area contributed by atoms with Crippen LogP contribution in [-0.4, -0.2) is 68.2 Å². The number of piperidine rings is 1. The summed E-state index contributed by atoms with van der Waals surface area (Å²) in [6.07, 6.45) is 1.60. The summed E-state index contributed by atoms with van der Waals surface area (Å²) in [5, 5.41) is 3.53. The fourth-order valence-corrected chi connectivity index (χ4v) is 3.79. The van der Waals surface area contributed by atoms with Gasteiger partial charge < -0.3 is 10.1 Å². The SMILES string of the molecule is O=C(NCCN1CCOCC1)C1CCN(Cc2c(F)cccc2Cl)CC1. The summed E-state index contributed by atoms with van der Waals surface area (Å²) in [6.45, 7) is 7.05. The van der Waals surface area contributed by atoms with Gasteiger partial charge in [0.25, 0.3) is 0 Å². The first-order chi connectivity index (χ1) is 12.6. The van der Waals surface area contributed by atoms with E-state index in [1.165, 1.54) is 6.07 Å². The molecule has 2 saturated heterocycles. The Kier molecular flexibility index (Phi) is 7.25. The molecule has 2 aliphatic heterocycles. The lowest BCUT2D eigenvalue weighted by molar-refractivity contribution is -0.126. The van der Waals surface area contributed by atoms with Crippen LogP contribution >= 0.6 is 11.6 Å². The van der Waals surface area contributed by atoms with Crippen LogP contribution in [0.15, 0.2) is 18.2 Å². The van der Waals surface area contributed by atoms with Crippen molar-refractivity contribution in [2.24, 2.45) is 5.92 Å². The predicted octanol–water partition coefficient (Wildman–Crippen LogP) is 2.14. The molecule has 0 spiro atoms. The van der Waals surface area contributed by atoms with Crippen molar-refractivity contribution >= 4 is 17.5 Å². The molecule has 2 heterocycles. The zero-order chi connectivity index (χ0) is 18.4. The Morgan fingerprint density at radius 3 is 2.62 bits per heavy atom. The summed E-state index contributed by atoms with van der Waals surface area (Å²) in [5.41, 5.74) is 0.544. The molecule has 3 rings (SSSR count). The van der Waals surface area contributed by atoms with Crippen molar-refractivity contribution < 1.29 is 13.9 Å². The van der Waals surface area contributed by atoms with Crippen LogP contribution in [0.4, 0.5) is 4.39 Å². The van der Waals surface area contributed by atoms with Crippen LogP contribution in [0.1, 0.15) is 18.4 Å². The lowest BCUT2D eigenvalue weighted by Gasteiger charge is -2.32. The molecule has 2 aliphatic rings. The average molecular weight is 384 g/mol. The molecule has 1 aromatic rings. The standard InChI is InChI=1S/C19H27ClFN3O2/c20-17-2-1-3-18(21)16(17)14-24-7-4-15(5-8-24)19(25)22-6-9-23-10-12-26-13-11-23/h1-3,15H,4-14H2,(H,22,25). The van der Waals surface area contributed by atoms with Gasteiger partial charge in [0.2, 0.25) is 5.91 Å². The van der Waals surface area contributed by atoms with Crippen LogP contribution in [0, 0.1) is 11.7 Å². The maximum Gasteiger partial charge on any atom is 0.223 e. The van der Waals surface area contributed by atoms with Crippen LogP contribution < -0.4 is 5.32 Å². The van der Waals surface area contributed by atoms with E-state index >= 15 is 0 Å². The van der Waals surface area contributed by atoms with Gasteiger partial charge in [-0.2, -0.15) is 0 Å². The molecule has 0 radical (unpaired) electrons. The maximum absolute atomic E-state index is 13.9. The largest absolute Gasteiger partial charge is 0.379 e. The van der Waals surface area contributed by atoms with Gasteiger partial charge in [0.1, 0.15) is 5.82 Å². The van der Waals surface area contributed by atoms with Gasteiger partial charge >= 0.3 is 0 Å². The number of benzene rings is 1. The molecule has 1 amide bonds. The Morgan fingerprint density at radius 2 is 1.92 bits per heavy atom. The van der Waals surface area contributed by atoms with Crippen molar-refractivity contribution in [3.05, 3.63) is 34.6 Å². The van der Waals surface area contributed by atoms with Crippen LogP contribution in [0.2, 0.25) is 5.02 Å². The molecule has 0 aromatic heterocycles. The van der Waals surface area contributed by atoms with Crippen molar-refractivity contribution in [3.8, 4) is 0 Å². The first-order valence-electron chi connectivity index (χ1n) is 9.36. The van der Waals surface area contributed by atoms with Crippen LogP contribution in [0.25, 0.3) is 0 Å². The smallest absolute Gasteiger partial charge is 0.223 e. The highest BCUT2D eigenvalue weighted by molar-refractivity contribution is 6.31. The van der Waals surface area contributed by atoms with Crippen molar-refractivity contribution in [1.29, 1.82) is 0 Å². The summed E-state index contributed by atoms with van der Waals surface area (Å²) in [7, 11) is 0. The number of hydrogen-bond donors (Lipinski definition) is 1. The van der Waals surface area contributed by atoms with Crippen LogP contribution in [-0.2, 0) is 16.1 Å². The van der Waals surface area contributed by atoms with Gasteiger partial charge in [0.15, 0.2) is 0 Å². The molecule has 0 atom stereocenters. The Labute approximate surface area is 159 Å². The molecule has 2 fully saturated rings. The number of nitrogens with zero attached hydrogens (tertiary/aromatic N) is 2. The minimum Gasteiger partial charge on any atom is -0.379 e. The number of ether oxygens (including phenoxy) is 1.